The molecule has 0 unspecified atom stereocenters. The largest absolute Gasteiger partial charge is 0.497 e. The van der Waals surface area contributed by atoms with Crippen molar-refractivity contribution < 1.29 is 19.2 Å². The Labute approximate surface area is 151 Å². The first-order valence-electron chi connectivity index (χ1n) is 7.89. The predicted molar refractivity (Wildman–Crippen MR) is 98.2 cm³/mol. The molecule has 0 heterocycles. The molecule has 0 radical (unpaired) electrons. The maximum Gasteiger partial charge on any atom is 0.269 e. The van der Waals surface area contributed by atoms with E-state index < -0.39 is 4.92 Å². The van der Waals surface area contributed by atoms with E-state index in [0.29, 0.717) is 17.1 Å². The van der Waals surface area contributed by atoms with Crippen molar-refractivity contribution in [1.29, 1.82) is 0 Å². The van der Waals surface area contributed by atoms with E-state index in [9.17, 15) is 14.9 Å². The second-order valence-electron chi connectivity index (χ2n) is 5.52. The number of nitro groups is 1. The lowest BCUT2D eigenvalue weighted by molar-refractivity contribution is -0.384. The van der Waals surface area contributed by atoms with Gasteiger partial charge in [0, 0.05) is 23.8 Å². The van der Waals surface area contributed by atoms with Gasteiger partial charge in [0.15, 0.2) is 0 Å². The Kier molecular flexibility index (Phi) is 6.32. The molecule has 0 fully saturated rings. The van der Waals surface area contributed by atoms with Gasteiger partial charge in [-0.05, 0) is 48.9 Å². The molecule has 1 amide bonds. The molecule has 1 N–H and O–H groups in total. The highest BCUT2D eigenvalue weighted by Crippen LogP contribution is 2.29. The molecule has 2 aromatic rings. The second kappa shape index (κ2) is 8.66. The van der Waals surface area contributed by atoms with Gasteiger partial charge < -0.3 is 14.8 Å². The summed E-state index contributed by atoms with van der Waals surface area (Å²) >= 11 is 0. The molecule has 0 aliphatic rings. The zero-order valence-electron chi connectivity index (χ0n) is 14.8. The number of nitro benzene ring substituents is 1. The van der Waals surface area contributed by atoms with E-state index in [2.05, 4.69) is 5.32 Å². The summed E-state index contributed by atoms with van der Waals surface area (Å²) in [5.74, 6) is 1.03. The van der Waals surface area contributed by atoms with Gasteiger partial charge >= 0.3 is 0 Å². The second-order valence-corrected chi connectivity index (χ2v) is 5.52. The van der Waals surface area contributed by atoms with Crippen molar-refractivity contribution >= 4 is 17.7 Å². The lowest BCUT2D eigenvalue weighted by Crippen LogP contribution is -2.25. The van der Waals surface area contributed by atoms with Crippen LogP contribution in [0.3, 0.4) is 0 Å². The summed E-state index contributed by atoms with van der Waals surface area (Å²) in [6.07, 6.45) is 2.97. The molecule has 2 aromatic carbocycles. The van der Waals surface area contributed by atoms with Gasteiger partial charge in [-0.25, -0.2) is 0 Å². The number of ether oxygens (including phenoxy) is 2. The van der Waals surface area contributed by atoms with Crippen LogP contribution >= 0.6 is 0 Å². The smallest absolute Gasteiger partial charge is 0.269 e. The van der Waals surface area contributed by atoms with E-state index in [1.54, 1.807) is 44.6 Å². The minimum absolute atomic E-state index is 0.00495. The fourth-order valence-corrected chi connectivity index (χ4v) is 2.40. The topological polar surface area (TPSA) is 90.7 Å². The third-order valence-corrected chi connectivity index (χ3v) is 3.79. The average Bonchev–Trinajstić information content (AvgIpc) is 2.66. The zero-order chi connectivity index (χ0) is 19.1. The Morgan fingerprint density at radius 3 is 2.42 bits per heavy atom. The number of methoxy groups -OCH3 is 2. The standard InChI is InChI=1S/C19H20N2O5/c1-13(17-12-16(25-2)9-10-18(17)26-3)20-19(22)11-6-14-4-7-15(8-5-14)21(23)24/h4-13H,1-3H3,(H,20,22)/b11-6+/t13-/m1/s1. The summed E-state index contributed by atoms with van der Waals surface area (Å²) in [6.45, 7) is 1.84. The molecule has 0 saturated heterocycles. The molecule has 136 valence electrons. The molecular weight excluding hydrogens is 336 g/mol. The first-order valence-corrected chi connectivity index (χ1v) is 7.89. The Hall–Kier alpha value is -3.35. The molecule has 7 nitrogen and oxygen atoms in total. The molecule has 2 rings (SSSR count). The molecular formula is C19H20N2O5. The summed E-state index contributed by atoms with van der Waals surface area (Å²) < 4.78 is 10.5. The van der Waals surface area contributed by atoms with Crippen LogP contribution in [0.1, 0.15) is 24.1 Å². The molecule has 0 saturated carbocycles. The van der Waals surface area contributed by atoms with Gasteiger partial charge in [0.05, 0.1) is 25.2 Å². The molecule has 0 aliphatic heterocycles. The zero-order valence-corrected chi connectivity index (χ0v) is 14.8. The van der Waals surface area contributed by atoms with Crippen LogP contribution < -0.4 is 14.8 Å². The normalized spacial score (nSPS) is 11.8. The van der Waals surface area contributed by atoms with E-state index >= 15 is 0 Å². The highest BCUT2D eigenvalue weighted by Gasteiger charge is 2.14. The van der Waals surface area contributed by atoms with Crippen LogP contribution in [0.5, 0.6) is 11.5 Å². The Morgan fingerprint density at radius 1 is 1.15 bits per heavy atom. The average molecular weight is 356 g/mol. The molecule has 0 bridgehead atoms. The fourth-order valence-electron chi connectivity index (χ4n) is 2.40. The Morgan fingerprint density at radius 2 is 1.85 bits per heavy atom. The summed E-state index contributed by atoms with van der Waals surface area (Å²) in [4.78, 5) is 22.3. The van der Waals surface area contributed by atoms with E-state index in [1.807, 2.05) is 13.0 Å². The third kappa shape index (κ3) is 4.83. The van der Waals surface area contributed by atoms with Gasteiger partial charge in [-0.3, -0.25) is 14.9 Å². The number of non-ortho nitro benzene ring substituents is 1. The quantitative estimate of drug-likeness (QED) is 0.466. The van der Waals surface area contributed by atoms with Gasteiger partial charge in [0.2, 0.25) is 5.91 Å². The van der Waals surface area contributed by atoms with Crippen molar-refractivity contribution in [3.63, 3.8) is 0 Å². The number of nitrogens with zero attached hydrogens (tertiary/aromatic N) is 1. The highest BCUT2D eigenvalue weighted by atomic mass is 16.6. The molecule has 7 heteroatoms. The van der Waals surface area contributed by atoms with Gasteiger partial charge in [-0.15, -0.1) is 0 Å². The van der Waals surface area contributed by atoms with Crippen molar-refractivity contribution in [3.05, 3.63) is 69.8 Å². The minimum atomic E-state index is -0.469. The molecule has 26 heavy (non-hydrogen) atoms. The SMILES string of the molecule is COc1ccc(OC)c([C@@H](C)NC(=O)/C=C/c2ccc([N+](=O)[O-])cc2)c1. The maximum atomic E-state index is 12.2. The van der Waals surface area contributed by atoms with E-state index in [-0.39, 0.29) is 17.6 Å². The van der Waals surface area contributed by atoms with Gasteiger partial charge in [-0.2, -0.15) is 0 Å². The van der Waals surface area contributed by atoms with Crippen LogP contribution in [-0.2, 0) is 4.79 Å². The number of hydrogen-bond donors (Lipinski definition) is 1. The van der Waals surface area contributed by atoms with E-state index in [4.69, 9.17) is 9.47 Å². The number of hydrogen-bond acceptors (Lipinski definition) is 5. The molecule has 0 aliphatic carbocycles. The summed E-state index contributed by atoms with van der Waals surface area (Å²) in [5.41, 5.74) is 1.49. The van der Waals surface area contributed by atoms with Crippen LogP contribution in [0.15, 0.2) is 48.5 Å². The van der Waals surface area contributed by atoms with Crippen LogP contribution in [0.4, 0.5) is 5.69 Å². The van der Waals surface area contributed by atoms with E-state index in [0.717, 1.165) is 5.56 Å². The molecule has 1 atom stereocenters. The van der Waals surface area contributed by atoms with Crippen LogP contribution in [-0.4, -0.2) is 25.1 Å². The summed E-state index contributed by atoms with van der Waals surface area (Å²) in [5, 5.41) is 13.5. The third-order valence-electron chi connectivity index (χ3n) is 3.79. The van der Waals surface area contributed by atoms with Gasteiger partial charge in [0.1, 0.15) is 11.5 Å². The van der Waals surface area contributed by atoms with Crippen LogP contribution in [0, 0.1) is 10.1 Å². The van der Waals surface area contributed by atoms with Crippen LogP contribution in [0.2, 0.25) is 0 Å². The number of nitrogens with one attached hydrogen (secondary N) is 1. The summed E-state index contributed by atoms with van der Waals surface area (Å²) in [7, 11) is 3.14. The first-order chi connectivity index (χ1) is 12.4. The number of rotatable bonds is 7. The highest BCUT2D eigenvalue weighted by molar-refractivity contribution is 5.92. The molecule has 0 spiro atoms. The maximum absolute atomic E-state index is 12.2. The summed E-state index contributed by atoms with van der Waals surface area (Å²) in [6, 6.07) is 11.0. The predicted octanol–water partition coefficient (Wildman–Crippen LogP) is 3.50. The van der Waals surface area contributed by atoms with Crippen LogP contribution in [0.25, 0.3) is 6.08 Å². The monoisotopic (exact) mass is 356 g/mol. The first kappa shape index (κ1) is 19.0. The van der Waals surface area contributed by atoms with Gasteiger partial charge in [0.25, 0.3) is 5.69 Å². The van der Waals surface area contributed by atoms with Crippen molar-refractivity contribution in [2.45, 2.75) is 13.0 Å². The number of carbonyl (C=O) groups is 1. The van der Waals surface area contributed by atoms with E-state index in [1.165, 1.54) is 18.2 Å². The van der Waals surface area contributed by atoms with Crippen molar-refractivity contribution in [3.8, 4) is 11.5 Å². The number of carbonyl (C=O) groups excluding carboxylic acids is 1. The van der Waals surface area contributed by atoms with Crippen molar-refractivity contribution in [2.24, 2.45) is 0 Å². The lowest BCUT2D eigenvalue weighted by atomic mass is 10.1. The number of benzene rings is 2. The van der Waals surface area contributed by atoms with Crippen molar-refractivity contribution in [2.75, 3.05) is 14.2 Å². The number of amides is 1. The lowest BCUT2D eigenvalue weighted by Gasteiger charge is -2.17. The molecule has 0 aromatic heterocycles. The Balaban J connectivity index is 2.06. The fraction of sp³-hybridized carbons (Fsp3) is 0.211. The van der Waals surface area contributed by atoms with Gasteiger partial charge in [-0.1, -0.05) is 0 Å². The minimum Gasteiger partial charge on any atom is -0.497 e. The van der Waals surface area contributed by atoms with Crippen molar-refractivity contribution in [1.82, 2.24) is 5.32 Å². The Bertz CT molecular complexity index is 815.